The molecule has 1 saturated heterocycles. The number of aromatic nitrogens is 3. The maximum Gasteiger partial charge on any atom is 0.272 e. The number of fused-ring (bicyclic) bond motifs is 1. The van der Waals surface area contributed by atoms with E-state index in [1.807, 2.05) is 13.2 Å². The Morgan fingerprint density at radius 3 is 2.49 bits per heavy atom. The van der Waals surface area contributed by atoms with Gasteiger partial charge in [0.15, 0.2) is 11.5 Å². The lowest BCUT2D eigenvalue weighted by atomic mass is 9.81. The van der Waals surface area contributed by atoms with E-state index in [0.717, 1.165) is 92.6 Å². The number of piperazine rings is 1. The molecule has 4 aliphatic rings. The van der Waals surface area contributed by atoms with Crippen LogP contribution in [0, 0.1) is 5.92 Å². The number of Topliss-reactive ketones (excluding diaryl/α,β-unsaturated/α-hetero) is 1. The summed E-state index contributed by atoms with van der Waals surface area (Å²) < 4.78 is 2.08. The molecule has 2 aliphatic heterocycles. The quantitative estimate of drug-likeness (QED) is 0.453. The van der Waals surface area contributed by atoms with Gasteiger partial charge < -0.3 is 20.0 Å². The number of likely N-dealkylation sites (N-methyl/N-ethyl adjacent to an activating group) is 2. The number of ketones is 1. The average molecular weight is 582 g/mol. The second kappa shape index (κ2) is 11.8. The van der Waals surface area contributed by atoms with E-state index in [0.29, 0.717) is 24.8 Å². The number of nitrogens with one attached hydrogen (secondary N) is 1. The summed E-state index contributed by atoms with van der Waals surface area (Å²) in [6.45, 7) is 4.80. The number of allylic oxidation sites excluding steroid dienone is 1. The number of benzene rings is 1. The lowest BCUT2D eigenvalue weighted by molar-refractivity contribution is -0.123. The number of anilines is 1. The maximum absolute atomic E-state index is 13.8. The highest BCUT2D eigenvalue weighted by atomic mass is 16.2. The molecular weight excluding hydrogens is 538 g/mol. The Hall–Kier alpha value is -3.72. The second-order valence-electron chi connectivity index (χ2n) is 12.9. The predicted molar refractivity (Wildman–Crippen MR) is 169 cm³/mol. The zero-order valence-electron chi connectivity index (χ0n) is 25.5. The first kappa shape index (κ1) is 28.1. The average Bonchev–Trinajstić information content (AvgIpc) is 3.70. The van der Waals surface area contributed by atoms with Gasteiger partial charge in [0.25, 0.3) is 5.91 Å². The first-order valence-corrected chi connectivity index (χ1v) is 16.1. The van der Waals surface area contributed by atoms with E-state index >= 15 is 0 Å². The van der Waals surface area contributed by atoms with Crippen molar-refractivity contribution < 1.29 is 9.59 Å². The molecule has 1 N–H and O–H groups in total. The van der Waals surface area contributed by atoms with Crippen LogP contribution in [-0.4, -0.2) is 89.6 Å². The standard InChI is InChI=1S/C34H43N7O2/c1-38-15-17-40(18-16-38)32-14-12-24(20-35-32)23-11-13-30-27(19-23)33(37-41(30)25-7-3-4-8-25)34(43)36-21-28-26-9-5-6-10-29(26)39(2)22-31(28)42/h11-14,19-20,25,28H,3-10,15-18,21-22H2,1-2H3,(H,36,43). The van der Waals surface area contributed by atoms with Gasteiger partial charge in [-0.25, -0.2) is 4.98 Å². The molecule has 3 aromatic rings. The first-order valence-electron chi connectivity index (χ1n) is 16.1. The molecule has 2 aromatic heterocycles. The Balaban J connectivity index is 1.17. The minimum Gasteiger partial charge on any atom is -0.371 e. The number of hydrogen-bond acceptors (Lipinski definition) is 7. The van der Waals surface area contributed by atoms with Crippen LogP contribution in [0.25, 0.3) is 22.0 Å². The molecule has 1 aromatic carbocycles. The molecule has 0 spiro atoms. The molecule has 0 radical (unpaired) electrons. The van der Waals surface area contributed by atoms with E-state index in [1.54, 1.807) is 0 Å². The van der Waals surface area contributed by atoms with Crippen LogP contribution in [0.15, 0.2) is 47.8 Å². The molecule has 1 saturated carbocycles. The van der Waals surface area contributed by atoms with Crippen molar-refractivity contribution in [2.24, 2.45) is 5.92 Å². The fourth-order valence-corrected chi connectivity index (χ4v) is 7.57. The molecule has 43 heavy (non-hydrogen) atoms. The van der Waals surface area contributed by atoms with Crippen LogP contribution < -0.4 is 10.2 Å². The zero-order valence-corrected chi connectivity index (χ0v) is 25.5. The summed E-state index contributed by atoms with van der Waals surface area (Å²) in [6, 6.07) is 10.9. The summed E-state index contributed by atoms with van der Waals surface area (Å²) in [4.78, 5) is 38.5. The number of carbonyl (C=O) groups is 2. The fourth-order valence-electron chi connectivity index (χ4n) is 7.57. The highest BCUT2D eigenvalue weighted by Crippen LogP contribution is 2.36. The lowest BCUT2D eigenvalue weighted by Gasteiger charge is -2.37. The molecule has 1 amide bonds. The highest BCUT2D eigenvalue weighted by Gasteiger charge is 2.34. The minimum absolute atomic E-state index is 0.194. The Morgan fingerprint density at radius 1 is 0.953 bits per heavy atom. The van der Waals surface area contributed by atoms with Gasteiger partial charge in [0.05, 0.1) is 24.0 Å². The van der Waals surface area contributed by atoms with Crippen LogP contribution in [0.1, 0.15) is 67.9 Å². The van der Waals surface area contributed by atoms with Crippen LogP contribution in [0.2, 0.25) is 0 Å². The molecule has 0 bridgehead atoms. The summed E-state index contributed by atoms with van der Waals surface area (Å²) >= 11 is 0. The largest absolute Gasteiger partial charge is 0.371 e. The number of pyridine rings is 1. The zero-order chi connectivity index (χ0) is 29.5. The fraction of sp³-hybridized carbons (Fsp3) is 0.529. The SMILES string of the molecule is CN1CCN(c2ccc(-c3ccc4c(c3)c(C(=O)NCC3C(=O)CN(C)C5=C3CCCC5)nn4C3CCCC3)cn2)CC1. The van der Waals surface area contributed by atoms with Gasteiger partial charge in [-0.1, -0.05) is 18.9 Å². The molecule has 1 atom stereocenters. The van der Waals surface area contributed by atoms with Gasteiger partial charge in [0.2, 0.25) is 0 Å². The van der Waals surface area contributed by atoms with Gasteiger partial charge in [-0.15, -0.1) is 0 Å². The van der Waals surface area contributed by atoms with Crippen LogP contribution in [0.4, 0.5) is 5.82 Å². The molecule has 2 aliphatic carbocycles. The molecule has 7 rings (SSSR count). The van der Waals surface area contributed by atoms with E-state index in [4.69, 9.17) is 10.1 Å². The Labute approximate surface area is 253 Å². The third kappa shape index (κ3) is 5.44. The van der Waals surface area contributed by atoms with E-state index in [9.17, 15) is 9.59 Å². The smallest absolute Gasteiger partial charge is 0.272 e. The lowest BCUT2D eigenvalue weighted by Crippen LogP contribution is -2.44. The summed E-state index contributed by atoms with van der Waals surface area (Å²) in [6.07, 6.45) is 10.7. The van der Waals surface area contributed by atoms with Gasteiger partial charge in [-0.3, -0.25) is 14.3 Å². The van der Waals surface area contributed by atoms with Crippen molar-refractivity contribution in [1.29, 1.82) is 0 Å². The van der Waals surface area contributed by atoms with Crippen LogP contribution in [0.5, 0.6) is 0 Å². The van der Waals surface area contributed by atoms with Crippen LogP contribution >= 0.6 is 0 Å². The van der Waals surface area contributed by atoms with Gasteiger partial charge in [-0.2, -0.15) is 5.10 Å². The predicted octanol–water partition coefficient (Wildman–Crippen LogP) is 4.65. The first-order chi connectivity index (χ1) is 21.0. The number of rotatable bonds is 6. The van der Waals surface area contributed by atoms with Crippen molar-refractivity contribution >= 4 is 28.4 Å². The van der Waals surface area contributed by atoms with Crippen molar-refractivity contribution in [2.75, 3.05) is 58.3 Å². The van der Waals surface area contributed by atoms with Gasteiger partial charge in [0, 0.05) is 62.6 Å². The normalized spacial score (nSPS) is 22.0. The molecule has 9 nitrogen and oxygen atoms in total. The Morgan fingerprint density at radius 2 is 1.72 bits per heavy atom. The number of amides is 1. The van der Waals surface area contributed by atoms with Crippen LogP contribution in [0.3, 0.4) is 0 Å². The summed E-state index contributed by atoms with van der Waals surface area (Å²) in [7, 11) is 4.17. The van der Waals surface area contributed by atoms with Gasteiger partial charge in [0.1, 0.15) is 5.82 Å². The van der Waals surface area contributed by atoms with E-state index in [2.05, 4.69) is 62.1 Å². The second-order valence-corrected chi connectivity index (χ2v) is 12.9. The van der Waals surface area contributed by atoms with E-state index in [-0.39, 0.29) is 17.6 Å². The Kier molecular flexibility index (Phi) is 7.67. The highest BCUT2D eigenvalue weighted by molar-refractivity contribution is 6.06. The molecule has 9 heteroatoms. The molecule has 226 valence electrons. The number of nitrogens with zero attached hydrogens (tertiary/aromatic N) is 6. The van der Waals surface area contributed by atoms with Crippen molar-refractivity contribution in [3.8, 4) is 11.1 Å². The Bertz CT molecular complexity index is 1540. The van der Waals surface area contributed by atoms with Crippen molar-refractivity contribution in [1.82, 2.24) is 29.9 Å². The molecule has 2 fully saturated rings. The summed E-state index contributed by atoms with van der Waals surface area (Å²) in [5.41, 5.74) is 6.01. The van der Waals surface area contributed by atoms with E-state index < -0.39 is 0 Å². The number of carbonyl (C=O) groups excluding carboxylic acids is 2. The van der Waals surface area contributed by atoms with E-state index in [1.165, 1.54) is 24.1 Å². The third-order valence-electron chi connectivity index (χ3n) is 10.1. The van der Waals surface area contributed by atoms with Crippen molar-refractivity contribution in [3.05, 3.63) is 53.5 Å². The monoisotopic (exact) mass is 581 g/mol. The number of hydrogen-bond donors (Lipinski definition) is 1. The maximum atomic E-state index is 13.8. The van der Waals surface area contributed by atoms with Crippen LogP contribution in [-0.2, 0) is 4.79 Å². The molecule has 1 unspecified atom stereocenters. The summed E-state index contributed by atoms with van der Waals surface area (Å²) in [5, 5.41) is 8.94. The minimum atomic E-state index is -0.237. The summed E-state index contributed by atoms with van der Waals surface area (Å²) in [5.74, 6) is 0.762. The van der Waals surface area contributed by atoms with Gasteiger partial charge >= 0.3 is 0 Å². The van der Waals surface area contributed by atoms with Gasteiger partial charge in [-0.05, 0) is 81.0 Å². The molecular formula is C34H43N7O2. The van der Waals surface area contributed by atoms with Crippen molar-refractivity contribution in [3.63, 3.8) is 0 Å². The van der Waals surface area contributed by atoms with Crippen molar-refractivity contribution in [2.45, 2.75) is 57.4 Å². The topological polar surface area (TPSA) is 86.6 Å². The molecule has 4 heterocycles. The third-order valence-corrected chi connectivity index (χ3v) is 10.1.